The zero-order valence-electron chi connectivity index (χ0n) is 9.22. The maximum absolute atomic E-state index is 12.6. The van der Waals surface area contributed by atoms with Crippen molar-refractivity contribution in [3.8, 4) is 0 Å². The van der Waals surface area contributed by atoms with E-state index in [1.807, 2.05) is 0 Å². The highest BCUT2D eigenvalue weighted by molar-refractivity contribution is 4.98. The van der Waals surface area contributed by atoms with Crippen LogP contribution in [0.2, 0.25) is 0 Å². The molecule has 0 bridgehead atoms. The molecule has 0 amide bonds. The van der Waals surface area contributed by atoms with Crippen molar-refractivity contribution in [3.63, 3.8) is 0 Å². The second-order valence-corrected chi connectivity index (χ2v) is 5.53. The minimum absolute atomic E-state index is 0.0950. The average molecular weight is 217 g/mol. The van der Waals surface area contributed by atoms with Crippen LogP contribution in [-0.2, 0) is 0 Å². The fraction of sp³-hybridized carbons (Fsp3) is 1.00. The van der Waals surface area contributed by atoms with Crippen LogP contribution in [0, 0.1) is 11.8 Å². The number of halogens is 2. The van der Waals surface area contributed by atoms with E-state index in [0.717, 1.165) is 51.4 Å². The van der Waals surface area contributed by atoms with Crippen LogP contribution in [0.1, 0.15) is 51.4 Å². The largest absolute Gasteiger partial charge is 0.325 e. The maximum atomic E-state index is 12.6. The molecule has 0 radical (unpaired) electrons. The first kappa shape index (κ1) is 11.3. The van der Waals surface area contributed by atoms with E-state index >= 15 is 0 Å². The van der Waals surface area contributed by atoms with E-state index < -0.39 is 6.43 Å². The van der Waals surface area contributed by atoms with Crippen LogP contribution < -0.4 is 5.73 Å². The van der Waals surface area contributed by atoms with Gasteiger partial charge < -0.3 is 5.73 Å². The Labute approximate surface area is 90.4 Å². The summed E-state index contributed by atoms with van der Waals surface area (Å²) in [4.78, 5) is 0. The normalized spacial score (nSPS) is 34.4. The van der Waals surface area contributed by atoms with Crippen molar-refractivity contribution in [2.24, 2.45) is 17.6 Å². The van der Waals surface area contributed by atoms with Crippen LogP contribution >= 0.6 is 0 Å². The van der Waals surface area contributed by atoms with Gasteiger partial charge in [-0.2, -0.15) is 0 Å². The van der Waals surface area contributed by atoms with Crippen LogP contribution in [0.25, 0.3) is 0 Å². The van der Waals surface area contributed by atoms with Gasteiger partial charge in [-0.05, 0) is 44.4 Å². The predicted molar refractivity (Wildman–Crippen MR) is 56.8 cm³/mol. The molecule has 2 unspecified atom stereocenters. The van der Waals surface area contributed by atoms with Gasteiger partial charge in [0.05, 0.1) is 0 Å². The lowest BCUT2D eigenvalue weighted by atomic mass is 9.79. The number of nitrogens with two attached hydrogens (primary N) is 1. The fourth-order valence-corrected chi connectivity index (χ4v) is 2.73. The van der Waals surface area contributed by atoms with E-state index in [-0.39, 0.29) is 11.5 Å². The molecule has 2 aliphatic rings. The molecule has 2 aliphatic carbocycles. The van der Waals surface area contributed by atoms with Crippen molar-refractivity contribution >= 4 is 0 Å². The summed E-state index contributed by atoms with van der Waals surface area (Å²) < 4.78 is 25.1. The molecule has 0 aromatic carbocycles. The van der Waals surface area contributed by atoms with E-state index in [0.29, 0.717) is 5.92 Å². The average Bonchev–Trinajstić information content (AvgIpc) is 2.95. The molecule has 0 aromatic rings. The number of hydrogen-bond donors (Lipinski definition) is 1. The van der Waals surface area contributed by atoms with Gasteiger partial charge in [-0.25, -0.2) is 8.78 Å². The molecule has 2 fully saturated rings. The SMILES string of the molecule is NC1(CCC2CCCC(C(F)F)C2)CC1. The Hall–Kier alpha value is -0.180. The van der Waals surface area contributed by atoms with Crippen LogP contribution in [0.3, 0.4) is 0 Å². The van der Waals surface area contributed by atoms with Crippen molar-refractivity contribution in [2.45, 2.75) is 63.3 Å². The molecule has 88 valence electrons. The Morgan fingerprint density at radius 3 is 2.60 bits per heavy atom. The van der Waals surface area contributed by atoms with Crippen LogP contribution in [-0.4, -0.2) is 12.0 Å². The molecule has 0 saturated heterocycles. The second-order valence-electron chi connectivity index (χ2n) is 5.53. The van der Waals surface area contributed by atoms with E-state index in [2.05, 4.69) is 0 Å². The second kappa shape index (κ2) is 4.36. The smallest absolute Gasteiger partial charge is 0.241 e. The first-order valence-corrected chi connectivity index (χ1v) is 6.16. The summed E-state index contributed by atoms with van der Waals surface area (Å²) in [6.07, 6.45) is 5.86. The van der Waals surface area contributed by atoms with Crippen LogP contribution in [0.4, 0.5) is 8.78 Å². The quantitative estimate of drug-likeness (QED) is 0.768. The van der Waals surface area contributed by atoms with E-state index in [1.165, 1.54) is 0 Å². The van der Waals surface area contributed by atoms with Gasteiger partial charge in [0.1, 0.15) is 0 Å². The maximum Gasteiger partial charge on any atom is 0.241 e. The summed E-state index contributed by atoms with van der Waals surface area (Å²) in [6.45, 7) is 0. The lowest BCUT2D eigenvalue weighted by Crippen LogP contribution is -2.25. The third kappa shape index (κ3) is 3.13. The molecule has 2 saturated carbocycles. The minimum atomic E-state index is -2.11. The van der Waals surface area contributed by atoms with Crippen molar-refractivity contribution in [3.05, 3.63) is 0 Å². The number of alkyl halides is 2. The molecule has 2 rings (SSSR count). The molecule has 15 heavy (non-hydrogen) atoms. The minimum Gasteiger partial charge on any atom is -0.325 e. The summed E-state index contributed by atoms with van der Waals surface area (Å²) in [5.41, 5.74) is 6.11. The molecule has 0 heterocycles. The van der Waals surface area contributed by atoms with Crippen molar-refractivity contribution in [2.75, 3.05) is 0 Å². The zero-order valence-corrected chi connectivity index (χ0v) is 9.22. The van der Waals surface area contributed by atoms with E-state index in [9.17, 15) is 8.78 Å². The number of hydrogen-bond acceptors (Lipinski definition) is 1. The number of rotatable bonds is 4. The summed E-state index contributed by atoms with van der Waals surface area (Å²) in [7, 11) is 0. The first-order valence-electron chi connectivity index (χ1n) is 6.16. The van der Waals surface area contributed by atoms with E-state index in [4.69, 9.17) is 5.73 Å². The Kier molecular flexibility index (Phi) is 3.29. The predicted octanol–water partition coefficient (Wildman–Crippen LogP) is 3.33. The van der Waals surface area contributed by atoms with Gasteiger partial charge in [0, 0.05) is 11.5 Å². The van der Waals surface area contributed by atoms with Gasteiger partial charge >= 0.3 is 0 Å². The third-order valence-electron chi connectivity index (χ3n) is 4.12. The van der Waals surface area contributed by atoms with Gasteiger partial charge in [0.2, 0.25) is 6.43 Å². The highest BCUT2D eigenvalue weighted by atomic mass is 19.3. The van der Waals surface area contributed by atoms with E-state index in [1.54, 1.807) is 0 Å². The fourth-order valence-electron chi connectivity index (χ4n) is 2.73. The van der Waals surface area contributed by atoms with Gasteiger partial charge in [0.15, 0.2) is 0 Å². The van der Waals surface area contributed by atoms with Crippen LogP contribution in [0.5, 0.6) is 0 Å². The van der Waals surface area contributed by atoms with Crippen molar-refractivity contribution in [1.82, 2.24) is 0 Å². The molecule has 2 N–H and O–H groups in total. The molecular formula is C12H21F2N. The molecule has 0 spiro atoms. The molecule has 3 heteroatoms. The third-order valence-corrected chi connectivity index (χ3v) is 4.12. The van der Waals surface area contributed by atoms with Crippen molar-refractivity contribution in [1.29, 1.82) is 0 Å². The lowest BCUT2D eigenvalue weighted by Gasteiger charge is -2.29. The standard InChI is InChI=1S/C12H21F2N/c13-11(14)10-3-1-2-9(8-10)4-5-12(15)6-7-12/h9-11H,1-8,15H2. The Bertz CT molecular complexity index is 214. The Balaban J connectivity index is 1.72. The van der Waals surface area contributed by atoms with Crippen molar-refractivity contribution < 1.29 is 8.78 Å². The molecule has 2 atom stereocenters. The zero-order chi connectivity index (χ0) is 10.9. The Morgan fingerprint density at radius 1 is 1.27 bits per heavy atom. The summed E-state index contributed by atoms with van der Waals surface area (Å²) in [5, 5.41) is 0. The van der Waals surface area contributed by atoms with Gasteiger partial charge in [-0.3, -0.25) is 0 Å². The monoisotopic (exact) mass is 217 g/mol. The lowest BCUT2D eigenvalue weighted by molar-refractivity contribution is 0.0401. The molecular weight excluding hydrogens is 196 g/mol. The highest BCUT2D eigenvalue weighted by Crippen LogP contribution is 2.41. The van der Waals surface area contributed by atoms with Gasteiger partial charge in [-0.1, -0.05) is 12.8 Å². The van der Waals surface area contributed by atoms with Gasteiger partial charge in [0.25, 0.3) is 0 Å². The summed E-state index contributed by atoms with van der Waals surface area (Å²) in [6, 6.07) is 0. The highest BCUT2D eigenvalue weighted by Gasteiger charge is 2.38. The molecule has 0 aromatic heterocycles. The molecule has 0 aliphatic heterocycles. The molecule has 1 nitrogen and oxygen atoms in total. The first-order chi connectivity index (χ1) is 7.09. The summed E-state index contributed by atoms with van der Waals surface area (Å²) in [5.74, 6) is 0.176. The Morgan fingerprint density at radius 2 is 2.00 bits per heavy atom. The van der Waals surface area contributed by atoms with Crippen LogP contribution in [0.15, 0.2) is 0 Å². The summed E-state index contributed by atoms with van der Waals surface area (Å²) >= 11 is 0. The van der Waals surface area contributed by atoms with Gasteiger partial charge in [-0.15, -0.1) is 0 Å². The topological polar surface area (TPSA) is 26.0 Å².